The Hall–Kier alpha value is -0.590. The molecule has 0 amide bonds. The van der Waals surface area contributed by atoms with Gasteiger partial charge in [-0.1, -0.05) is 6.92 Å². The second kappa shape index (κ2) is 4.96. The third-order valence-electron chi connectivity index (χ3n) is 3.74. The van der Waals surface area contributed by atoms with Crippen molar-refractivity contribution in [1.82, 2.24) is 10.2 Å². The van der Waals surface area contributed by atoms with Crippen molar-refractivity contribution in [1.29, 1.82) is 5.26 Å². The van der Waals surface area contributed by atoms with Crippen LogP contribution in [0.2, 0.25) is 0 Å². The number of rotatable bonds is 5. The normalized spacial score (nSPS) is 31.7. The first-order valence-electron chi connectivity index (χ1n) is 6.20. The number of likely N-dealkylation sites (tertiary alicyclic amines) is 1. The molecule has 0 spiro atoms. The largest absolute Gasteiger partial charge is 0.301 e. The molecule has 1 heterocycles. The van der Waals surface area contributed by atoms with E-state index in [2.05, 4.69) is 23.2 Å². The van der Waals surface area contributed by atoms with Crippen LogP contribution in [0.3, 0.4) is 0 Å². The maximum absolute atomic E-state index is 9.04. The average Bonchev–Trinajstić information content (AvgIpc) is 2.85. The Morgan fingerprint density at radius 2 is 2.40 bits per heavy atom. The number of nitrogens with one attached hydrogen (secondary N) is 1. The van der Waals surface area contributed by atoms with E-state index < -0.39 is 0 Å². The molecular formula is C12H21N3. The average molecular weight is 207 g/mol. The number of nitriles is 1. The summed E-state index contributed by atoms with van der Waals surface area (Å²) in [4.78, 5) is 2.52. The standard InChI is InChI=1S/C12H21N3/c1-2-5-14-11(7-13)9-15-8-10-3-4-12(15)6-10/h10-12,14H,2-6,8-9H2,1H3. The van der Waals surface area contributed by atoms with Crippen LogP contribution in [0.25, 0.3) is 0 Å². The smallest absolute Gasteiger partial charge is 0.108 e. The minimum absolute atomic E-state index is 0.0318. The van der Waals surface area contributed by atoms with Crippen LogP contribution in [0.4, 0.5) is 0 Å². The van der Waals surface area contributed by atoms with Crippen LogP contribution in [0.15, 0.2) is 0 Å². The van der Waals surface area contributed by atoms with E-state index in [1.807, 2.05) is 0 Å². The van der Waals surface area contributed by atoms with Gasteiger partial charge >= 0.3 is 0 Å². The Balaban J connectivity index is 1.78. The molecule has 0 aromatic rings. The van der Waals surface area contributed by atoms with E-state index in [1.165, 1.54) is 25.8 Å². The van der Waals surface area contributed by atoms with E-state index in [9.17, 15) is 0 Å². The Morgan fingerprint density at radius 1 is 1.53 bits per heavy atom. The maximum Gasteiger partial charge on any atom is 0.108 e. The van der Waals surface area contributed by atoms with Gasteiger partial charge in [-0.3, -0.25) is 4.90 Å². The molecule has 15 heavy (non-hydrogen) atoms. The lowest BCUT2D eigenvalue weighted by atomic mass is 10.1. The summed E-state index contributed by atoms with van der Waals surface area (Å²) < 4.78 is 0. The van der Waals surface area contributed by atoms with Gasteiger partial charge in [0.05, 0.1) is 6.07 Å². The zero-order valence-electron chi connectivity index (χ0n) is 9.58. The zero-order valence-corrected chi connectivity index (χ0v) is 9.58. The van der Waals surface area contributed by atoms with Crippen molar-refractivity contribution in [3.63, 3.8) is 0 Å². The van der Waals surface area contributed by atoms with E-state index in [4.69, 9.17) is 5.26 Å². The highest BCUT2D eigenvalue weighted by Crippen LogP contribution is 2.37. The zero-order chi connectivity index (χ0) is 10.7. The highest BCUT2D eigenvalue weighted by molar-refractivity contribution is 4.98. The summed E-state index contributed by atoms with van der Waals surface area (Å²) in [6, 6.07) is 3.19. The van der Waals surface area contributed by atoms with Gasteiger partial charge in [0.2, 0.25) is 0 Å². The predicted molar refractivity (Wildman–Crippen MR) is 60.4 cm³/mol. The predicted octanol–water partition coefficient (Wildman–Crippen LogP) is 1.36. The van der Waals surface area contributed by atoms with Gasteiger partial charge in [-0.25, -0.2) is 0 Å². The minimum atomic E-state index is 0.0318. The molecule has 0 aromatic carbocycles. The van der Waals surface area contributed by atoms with Gasteiger partial charge in [-0.2, -0.15) is 5.26 Å². The fraction of sp³-hybridized carbons (Fsp3) is 0.917. The molecule has 1 N–H and O–H groups in total. The number of nitrogens with zero attached hydrogens (tertiary/aromatic N) is 2. The lowest BCUT2D eigenvalue weighted by Gasteiger charge is -2.28. The molecule has 1 aliphatic heterocycles. The Bertz CT molecular complexity index is 246. The van der Waals surface area contributed by atoms with Gasteiger partial charge in [-0.15, -0.1) is 0 Å². The van der Waals surface area contributed by atoms with Crippen LogP contribution >= 0.6 is 0 Å². The van der Waals surface area contributed by atoms with E-state index in [0.29, 0.717) is 0 Å². The Labute approximate surface area is 92.4 Å². The van der Waals surface area contributed by atoms with Crippen LogP contribution in [-0.2, 0) is 0 Å². The maximum atomic E-state index is 9.04. The van der Waals surface area contributed by atoms with Gasteiger partial charge in [0, 0.05) is 19.1 Å². The summed E-state index contributed by atoms with van der Waals surface area (Å²) in [5.41, 5.74) is 0. The summed E-state index contributed by atoms with van der Waals surface area (Å²) in [5.74, 6) is 0.931. The molecule has 2 bridgehead atoms. The quantitative estimate of drug-likeness (QED) is 0.740. The molecule has 1 saturated heterocycles. The van der Waals surface area contributed by atoms with E-state index >= 15 is 0 Å². The summed E-state index contributed by atoms with van der Waals surface area (Å²) in [5, 5.41) is 12.3. The monoisotopic (exact) mass is 207 g/mol. The lowest BCUT2D eigenvalue weighted by Crippen LogP contribution is -2.43. The lowest BCUT2D eigenvalue weighted by molar-refractivity contribution is 0.202. The fourth-order valence-corrected chi connectivity index (χ4v) is 2.95. The molecular weight excluding hydrogens is 186 g/mol. The minimum Gasteiger partial charge on any atom is -0.301 e. The highest BCUT2D eigenvalue weighted by Gasteiger charge is 2.38. The van der Waals surface area contributed by atoms with Crippen molar-refractivity contribution in [2.75, 3.05) is 19.6 Å². The van der Waals surface area contributed by atoms with Crippen LogP contribution < -0.4 is 5.32 Å². The third-order valence-corrected chi connectivity index (χ3v) is 3.74. The number of fused-ring (bicyclic) bond motifs is 2. The van der Waals surface area contributed by atoms with Crippen molar-refractivity contribution < 1.29 is 0 Å². The molecule has 3 heteroatoms. The molecule has 2 rings (SSSR count). The molecule has 3 unspecified atom stereocenters. The second-order valence-electron chi connectivity index (χ2n) is 4.92. The summed E-state index contributed by atoms with van der Waals surface area (Å²) in [6.45, 7) is 5.26. The molecule has 2 fully saturated rings. The molecule has 1 saturated carbocycles. The first kappa shape index (κ1) is 10.9. The van der Waals surface area contributed by atoms with Crippen molar-refractivity contribution >= 4 is 0 Å². The molecule has 0 aromatic heterocycles. The number of hydrogen-bond donors (Lipinski definition) is 1. The summed E-state index contributed by atoms with van der Waals surface area (Å²) >= 11 is 0. The number of hydrogen-bond acceptors (Lipinski definition) is 3. The van der Waals surface area contributed by atoms with Crippen LogP contribution in [0.5, 0.6) is 0 Å². The summed E-state index contributed by atoms with van der Waals surface area (Å²) in [6.07, 6.45) is 5.26. The molecule has 3 atom stereocenters. The van der Waals surface area contributed by atoms with Gasteiger partial charge in [0.15, 0.2) is 0 Å². The van der Waals surface area contributed by atoms with Crippen LogP contribution in [0.1, 0.15) is 32.6 Å². The second-order valence-corrected chi connectivity index (χ2v) is 4.92. The van der Waals surface area contributed by atoms with E-state index in [0.717, 1.165) is 31.5 Å². The molecule has 3 nitrogen and oxygen atoms in total. The molecule has 0 radical (unpaired) electrons. The number of piperidine rings is 1. The highest BCUT2D eigenvalue weighted by atomic mass is 15.2. The SMILES string of the molecule is CCCNC(C#N)CN1CC2CCC1C2. The van der Waals surface area contributed by atoms with Gasteiger partial charge in [0.25, 0.3) is 0 Å². The first-order chi connectivity index (χ1) is 7.33. The summed E-state index contributed by atoms with van der Waals surface area (Å²) in [7, 11) is 0. The fourth-order valence-electron chi connectivity index (χ4n) is 2.95. The molecule has 1 aliphatic carbocycles. The van der Waals surface area contributed by atoms with Crippen LogP contribution in [0, 0.1) is 17.2 Å². The molecule has 2 aliphatic rings. The van der Waals surface area contributed by atoms with Crippen LogP contribution in [-0.4, -0.2) is 36.6 Å². The first-order valence-corrected chi connectivity index (χ1v) is 6.20. The van der Waals surface area contributed by atoms with Crippen molar-refractivity contribution in [2.24, 2.45) is 5.92 Å². The third kappa shape index (κ3) is 2.50. The van der Waals surface area contributed by atoms with Gasteiger partial charge < -0.3 is 5.32 Å². The Kier molecular flexibility index (Phi) is 3.61. The Morgan fingerprint density at radius 3 is 2.93 bits per heavy atom. The molecule has 84 valence electrons. The topological polar surface area (TPSA) is 39.1 Å². The van der Waals surface area contributed by atoms with Crippen molar-refractivity contribution in [3.8, 4) is 6.07 Å². The van der Waals surface area contributed by atoms with Gasteiger partial charge in [-0.05, 0) is 38.1 Å². The van der Waals surface area contributed by atoms with E-state index in [-0.39, 0.29) is 6.04 Å². The van der Waals surface area contributed by atoms with Crippen molar-refractivity contribution in [2.45, 2.75) is 44.7 Å². The van der Waals surface area contributed by atoms with Crippen molar-refractivity contribution in [3.05, 3.63) is 0 Å². The van der Waals surface area contributed by atoms with Gasteiger partial charge in [0.1, 0.15) is 6.04 Å². The van der Waals surface area contributed by atoms with E-state index in [1.54, 1.807) is 0 Å².